The van der Waals surface area contributed by atoms with E-state index in [1.807, 2.05) is 11.5 Å². The van der Waals surface area contributed by atoms with Crippen LogP contribution in [0.25, 0.3) is 11.2 Å². The maximum atomic E-state index is 9.39. The summed E-state index contributed by atoms with van der Waals surface area (Å²) >= 11 is 0. The number of aromatic nitrogens is 4. The number of imidazole rings is 1. The van der Waals surface area contributed by atoms with Crippen LogP contribution in [0.15, 0.2) is 6.33 Å². The third-order valence-corrected chi connectivity index (χ3v) is 3.58. The first-order valence-corrected chi connectivity index (χ1v) is 6.71. The Morgan fingerprint density at radius 1 is 1.55 bits per heavy atom. The van der Waals surface area contributed by atoms with Crippen molar-refractivity contribution in [2.24, 2.45) is 0 Å². The van der Waals surface area contributed by atoms with Gasteiger partial charge in [-0.1, -0.05) is 15.2 Å². The number of methoxy groups -OCH3 is 1. The molecular formula is C13H17N4O2P. The predicted octanol–water partition coefficient (Wildman–Crippen LogP) is 0.0359. The molecule has 0 aliphatic rings. The number of aliphatic hydroxyl groups excluding tert-OH is 1. The molecule has 0 radical (unpaired) electrons. The third-order valence-electron chi connectivity index (χ3n) is 3.32. The molecule has 1 N–H and O–H groups in total. The lowest BCUT2D eigenvalue weighted by molar-refractivity contribution is -0.0147. The highest BCUT2D eigenvalue weighted by atomic mass is 31.0. The Labute approximate surface area is 119 Å². The summed E-state index contributed by atoms with van der Waals surface area (Å²) in [5, 5.41) is 9.39. The van der Waals surface area contributed by atoms with Crippen molar-refractivity contribution in [2.45, 2.75) is 25.5 Å². The Morgan fingerprint density at radius 2 is 2.30 bits per heavy atom. The Morgan fingerprint density at radius 3 is 2.90 bits per heavy atom. The molecule has 0 bridgehead atoms. The molecule has 0 fully saturated rings. The van der Waals surface area contributed by atoms with Crippen LogP contribution in [0.2, 0.25) is 0 Å². The summed E-state index contributed by atoms with van der Waals surface area (Å²) in [6.45, 7) is 2.22. The molecular weight excluding hydrogens is 275 g/mol. The van der Waals surface area contributed by atoms with E-state index in [0.717, 1.165) is 16.9 Å². The van der Waals surface area contributed by atoms with Gasteiger partial charge in [-0.3, -0.25) is 0 Å². The first-order valence-electron chi connectivity index (χ1n) is 6.14. The molecule has 0 amide bonds. The van der Waals surface area contributed by atoms with E-state index in [1.165, 1.54) is 7.11 Å². The minimum atomic E-state index is -0.970. The number of ether oxygens (including phenoxy) is 1. The van der Waals surface area contributed by atoms with Gasteiger partial charge in [-0.15, -0.1) is 6.42 Å². The zero-order chi connectivity index (χ0) is 14.8. The monoisotopic (exact) mass is 292 g/mol. The molecule has 7 heteroatoms. The van der Waals surface area contributed by atoms with Crippen LogP contribution < -0.4 is 5.57 Å². The van der Waals surface area contributed by atoms with Crippen LogP contribution in [0.1, 0.15) is 12.1 Å². The van der Waals surface area contributed by atoms with Crippen LogP contribution in [0.3, 0.4) is 0 Å². The normalized spacial score (nSPS) is 14.2. The second kappa shape index (κ2) is 5.84. The summed E-state index contributed by atoms with van der Waals surface area (Å²) in [6, 6.07) is 0. The summed E-state index contributed by atoms with van der Waals surface area (Å²) in [7, 11) is 3.98. The number of rotatable bonds is 5. The van der Waals surface area contributed by atoms with E-state index < -0.39 is 5.60 Å². The minimum absolute atomic E-state index is 0.227. The van der Waals surface area contributed by atoms with Crippen molar-refractivity contribution in [3.05, 3.63) is 12.0 Å². The van der Waals surface area contributed by atoms with Crippen LogP contribution in [0.5, 0.6) is 0 Å². The van der Waals surface area contributed by atoms with E-state index in [2.05, 4.69) is 30.1 Å². The number of aliphatic hydroxyl groups is 1. The fourth-order valence-electron chi connectivity index (χ4n) is 1.99. The van der Waals surface area contributed by atoms with Gasteiger partial charge < -0.3 is 14.4 Å². The highest BCUT2D eigenvalue weighted by molar-refractivity contribution is 7.26. The Kier molecular flexibility index (Phi) is 4.34. The van der Waals surface area contributed by atoms with Crippen molar-refractivity contribution in [1.82, 2.24) is 19.5 Å². The molecule has 2 aromatic rings. The summed E-state index contributed by atoms with van der Waals surface area (Å²) in [4.78, 5) is 12.9. The molecule has 2 atom stereocenters. The van der Waals surface area contributed by atoms with E-state index in [4.69, 9.17) is 11.2 Å². The highest BCUT2D eigenvalue weighted by Gasteiger charge is 2.26. The zero-order valence-electron chi connectivity index (χ0n) is 11.5. The van der Waals surface area contributed by atoms with Gasteiger partial charge in [0, 0.05) is 20.1 Å². The van der Waals surface area contributed by atoms with Gasteiger partial charge in [-0.25, -0.2) is 15.0 Å². The standard InChI is InChI=1S/C13H17N4O2P/c1-4-13(7-18,19-3)5-6-17-8-14-10-9(2)15-12(20)16-11(10)17/h1,8,18H,5-7,20H2,2-3H3. The summed E-state index contributed by atoms with van der Waals surface area (Å²) in [5.74, 6) is 2.51. The van der Waals surface area contributed by atoms with Gasteiger partial charge in [0.2, 0.25) is 0 Å². The fraction of sp³-hybridized carbons (Fsp3) is 0.462. The van der Waals surface area contributed by atoms with Crippen molar-refractivity contribution in [1.29, 1.82) is 0 Å². The van der Waals surface area contributed by atoms with Crippen LogP contribution in [0.4, 0.5) is 0 Å². The molecule has 6 nitrogen and oxygen atoms in total. The van der Waals surface area contributed by atoms with Gasteiger partial charge in [0.15, 0.2) is 11.2 Å². The molecule has 2 unspecified atom stereocenters. The molecule has 0 aliphatic carbocycles. The molecule has 0 spiro atoms. The van der Waals surface area contributed by atoms with E-state index >= 15 is 0 Å². The molecule has 106 valence electrons. The van der Waals surface area contributed by atoms with E-state index in [-0.39, 0.29) is 6.61 Å². The second-order valence-electron chi connectivity index (χ2n) is 4.53. The topological polar surface area (TPSA) is 73.1 Å². The first-order chi connectivity index (χ1) is 9.55. The number of nitrogens with zero attached hydrogens (tertiary/aromatic N) is 4. The molecule has 2 aromatic heterocycles. The Hall–Kier alpha value is -1.54. The second-order valence-corrected chi connectivity index (χ2v) is 5.04. The molecule has 2 rings (SSSR count). The van der Waals surface area contributed by atoms with Gasteiger partial charge in [-0.2, -0.15) is 0 Å². The van der Waals surface area contributed by atoms with E-state index in [1.54, 1.807) is 6.33 Å². The molecule has 0 saturated carbocycles. The lowest BCUT2D eigenvalue weighted by atomic mass is 10.0. The summed E-state index contributed by atoms with van der Waals surface area (Å²) < 4.78 is 7.12. The Balaban J connectivity index is 2.29. The third kappa shape index (κ3) is 2.66. The molecule has 2 heterocycles. The quantitative estimate of drug-likeness (QED) is 0.622. The number of hydrogen-bond donors (Lipinski definition) is 1. The number of fused-ring (bicyclic) bond motifs is 1. The predicted molar refractivity (Wildman–Crippen MR) is 79.7 cm³/mol. The average molecular weight is 292 g/mol. The van der Waals surface area contributed by atoms with Gasteiger partial charge in [0.1, 0.15) is 11.1 Å². The summed E-state index contributed by atoms with van der Waals surface area (Å²) in [6.07, 6.45) is 7.61. The minimum Gasteiger partial charge on any atom is -0.392 e. The highest BCUT2D eigenvalue weighted by Crippen LogP contribution is 2.18. The first kappa shape index (κ1) is 14.9. The fourth-order valence-corrected chi connectivity index (χ4v) is 2.31. The van der Waals surface area contributed by atoms with Gasteiger partial charge in [0.05, 0.1) is 18.6 Å². The molecule has 20 heavy (non-hydrogen) atoms. The number of terminal acetylenes is 1. The van der Waals surface area contributed by atoms with Gasteiger partial charge in [-0.05, 0) is 6.92 Å². The van der Waals surface area contributed by atoms with Crippen molar-refractivity contribution in [3.8, 4) is 12.3 Å². The number of aryl methyl sites for hydroxylation is 2. The van der Waals surface area contributed by atoms with Crippen molar-refractivity contribution < 1.29 is 9.84 Å². The van der Waals surface area contributed by atoms with E-state index in [9.17, 15) is 5.11 Å². The molecule has 0 saturated heterocycles. The SMILES string of the molecule is C#CC(CO)(CCn1cnc2c(C)nc(P)nc21)OC. The van der Waals surface area contributed by atoms with Crippen LogP contribution in [0, 0.1) is 19.3 Å². The van der Waals surface area contributed by atoms with Gasteiger partial charge in [0.25, 0.3) is 0 Å². The van der Waals surface area contributed by atoms with Crippen molar-refractivity contribution in [2.75, 3.05) is 13.7 Å². The van der Waals surface area contributed by atoms with Crippen LogP contribution >= 0.6 is 9.24 Å². The molecule has 0 aromatic carbocycles. The van der Waals surface area contributed by atoms with Gasteiger partial charge >= 0.3 is 0 Å². The molecule has 0 aliphatic heterocycles. The van der Waals surface area contributed by atoms with Crippen molar-refractivity contribution in [3.63, 3.8) is 0 Å². The zero-order valence-corrected chi connectivity index (χ0v) is 12.7. The van der Waals surface area contributed by atoms with Crippen molar-refractivity contribution >= 4 is 26.0 Å². The maximum Gasteiger partial charge on any atom is 0.164 e. The average Bonchev–Trinajstić information content (AvgIpc) is 2.84. The maximum absolute atomic E-state index is 9.39. The number of hydrogen-bond acceptors (Lipinski definition) is 5. The largest absolute Gasteiger partial charge is 0.392 e. The van der Waals surface area contributed by atoms with Crippen LogP contribution in [-0.2, 0) is 11.3 Å². The lowest BCUT2D eigenvalue weighted by Gasteiger charge is -2.24. The summed E-state index contributed by atoms with van der Waals surface area (Å²) in [5.41, 5.74) is 2.00. The van der Waals surface area contributed by atoms with E-state index in [0.29, 0.717) is 18.5 Å². The lowest BCUT2D eigenvalue weighted by Crippen LogP contribution is -2.35. The van der Waals surface area contributed by atoms with Crippen LogP contribution in [-0.4, -0.2) is 43.9 Å². The Bertz CT molecular complexity index is 658. The smallest absolute Gasteiger partial charge is 0.164 e.